The zero-order chi connectivity index (χ0) is 30.5. The number of anilines is 3. The number of nitrogens with two attached hydrogens (primary N) is 1. The molecule has 1 aromatic heterocycles. The molecule has 3 rings (SSSR count). The van der Waals surface area contributed by atoms with Crippen molar-refractivity contribution in [3.63, 3.8) is 0 Å². The molecule has 0 radical (unpaired) electrons. The maximum absolute atomic E-state index is 9.41. The van der Waals surface area contributed by atoms with Crippen LogP contribution in [0.15, 0.2) is 40.7 Å². The fourth-order valence-corrected chi connectivity index (χ4v) is 2.14. The standard InChI is InChI=1S/C20H15BrN6O/c1-11-7-14(10-23)8-12(2)17(11)28-19-16(21)18(24)26-20(27-19)25-15-5-3-13(9-22)4-6-15/h3-8H,1-2H3,(H3,24,25,26,27)/i1D3,2D3,3D,4D,5D,6D,7D,8D. The van der Waals surface area contributed by atoms with E-state index in [0.29, 0.717) is 0 Å². The lowest BCUT2D eigenvalue weighted by atomic mass is 10.1. The highest BCUT2D eigenvalue weighted by atomic mass is 79.9. The van der Waals surface area contributed by atoms with Crippen molar-refractivity contribution in [3.8, 4) is 23.8 Å². The Balaban J connectivity index is 2.30. The molecular weight excluding hydrogens is 420 g/mol. The van der Waals surface area contributed by atoms with Crippen molar-refractivity contribution in [2.24, 2.45) is 0 Å². The minimum Gasteiger partial charge on any atom is -0.437 e. The maximum Gasteiger partial charge on any atom is 0.240 e. The van der Waals surface area contributed by atoms with Gasteiger partial charge in [0.25, 0.3) is 0 Å². The first-order valence-electron chi connectivity index (χ1n) is 13.2. The van der Waals surface area contributed by atoms with Crippen LogP contribution in [0.1, 0.15) is 38.7 Å². The fraction of sp³-hybridized carbons (Fsp3) is 0.100. The van der Waals surface area contributed by atoms with Crippen LogP contribution < -0.4 is 15.8 Å². The van der Waals surface area contributed by atoms with E-state index in [-0.39, 0.29) is 10.3 Å². The third kappa shape index (κ3) is 4.03. The number of aromatic nitrogens is 2. The summed E-state index contributed by atoms with van der Waals surface area (Å²) in [6.07, 6.45) is 0. The molecule has 0 bridgehead atoms. The summed E-state index contributed by atoms with van der Waals surface area (Å²) in [7, 11) is 0. The SMILES string of the molecule is [2H]c1c([2H])c(Nc2nc(N)c(Br)c(Oc3c(C([2H])([2H])[2H])c([2H])c(C#N)c([2H])c3C([2H])([2H])[2H])n2)c([2H])c([2H])c1C#N. The van der Waals surface area contributed by atoms with Crippen molar-refractivity contribution in [2.75, 3.05) is 11.1 Å². The largest absolute Gasteiger partial charge is 0.437 e. The Bertz CT molecular complexity index is 1570. The van der Waals surface area contributed by atoms with Gasteiger partial charge < -0.3 is 15.8 Å². The van der Waals surface area contributed by atoms with Crippen LogP contribution in [0.4, 0.5) is 17.5 Å². The molecule has 3 aromatic rings. The lowest BCUT2D eigenvalue weighted by Crippen LogP contribution is -2.04. The predicted octanol–water partition coefficient (Wildman–Crippen LogP) is 4.72. The van der Waals surface area contributed by atoms with E-state index in [1.807, 2.05) is 0 Å². The van der Waals surface area contributed by atoms with E-state index < -0.39 is 95.5 Å². The first-order valence-corrected chi connectivity index (χ1v) is 8.02. The Morgan fingerprint density at radius 2 is 1.75 bits per heavy atom. The molecule has 0 saturated carbocycles. The summed E-state index contributed by atoms with van der Waals surface area (Å²) in [5.74, 6) is -2.44. The molecule has 0 amide bonds. The second-order valence-electron chi connectivity index (χ2n) is 4.96. The van der Waals surface area contributed by atoms with Gasteiger partial charge in [0.05, 0.1) is 31.5 Å². The summed E-state index contributed by atoms with van der Waals surface area (Å²) in [5.41, 5.74) is 2.19. The van der Waals surface area contributed by atoms with Crippen LogP contribution in [0.5, 0.6) is 11.6 Å². The maximum atomic E-state index is 9.41. The van der Waals surface area contributed by atoms with Crippen LogP contribution in [-0.4, -0.2) is 9.97 Å². The molecular formula is C20H15BrN6O. The van der Waals surface area contributed by atoms with Gasteiger partial charge in [-0.1, -0.05) is 0 Å². The number of hydrogen-bond donors (Lipinski definition) is 2. The molecule has 2 aromatic carbocycles. The van der Waals surface area contributed by atoms with E-state index in [9.17, 15) is 5.26 Å². The zero-order valence-corrected chi connectivity index (χ0v) is 15.2. The van der Waals surface area contributed by atoms with E-state index in [1.54, 1.807) is 6.07 Å². The van der Waals surface area contributed by atoms with Gasteiger partial charge in [0.15, 0.2) is 0 Å². The van der Waals surface area contributed by atoms with Crippen LogP contribution in [-0.2, 0) is 0 Å². The third-order valence-electron chi connectivity index (χ3n) is 3.08. The highest BCUT2D eigenvalue weighted by Crippen LogP contribution is 2.36. The smallest absolute Gasteiger partial charge is 0.240 e. The Kier molecular flexibility index (Phi) is 2.57. The molecule has 0 fully saturated rings. The Hall–Kier alpha value is -3.62. The summed E-state index contributed by atoms with van der Waals surface area (Å²) in [4.78, 5) is 7.87. The van der Waals surface area contributed by atoms with E-state index in [4.69, 9.17) is 32.2 Å². The van der Waals surface area contributed by atoms with Crippen molar-refractivity contribution in [1.82, 2.24) is 9.97 Å². The van der Waals surface area contributed by atoms with Crippen LogP contribution in [0.25, 0.3) is 0 Å². The number of rotatable bonds is 4. The Morgan fingerprint density at radius 1 is 1.11 bits per heavy atom. The van der Waals surface area contributed by atoms with E-state index in [2.05, 4.69) is 31.2 Å². The second-order valence-corrected chi connectivity index (χ2v) is 5.75. The fourth-order valence-electron chi connectivity index (χ4n) is 1.88. The number of ether oxygens (including phenoxy) is 1. The average molecular weight is 447 g/mol. The second kappa shape index (κ2) is 7.95. The quantitative estimate of drug-likeness (QED) is 0.594. The van der Waals surface area contributed by atoms with Gasteiger partial charge in [0.2, 0.25) is 11.8 Å². The normalized spacial score (nSPS) is 17.1. The molecule has 0 aliphatic rings. The van der Waals surface area contributed by atoms with Crippen molar-refractivity contribution < 1.29 is 21.2 Å². The number of nitrogens with zero attached hydrogens (tertiary/aromatic N) is 4. The molecule has 1 heterocycles. The van der Waals surface area contributed by atoms with Crippen LogP contribution >= 0.6 is 15.9 Å². The summed E-state index contributed by atoms with van der Waals surface area (Å²) < 4.78 is 101. The van der Waals surface area contributed by atoms with Gasteiger partial charge in [-0.15, -0.1) is 0 Å². The van der Waals surface area contributed by atoms with Crippen molar-refractivity contribution in [1.29, 1.82) is 10.5 Å². The van der Waals surface area contributed by atoms with Gasteiger partial charge in [-0.25, -0.2) is 0 Å². The van der Waals surface area contributed by atoms with E-state index in [0.717, 1.165) is 0 Å². The van der Waals surface area contributed by atoms with Gasteiger partial charge in [0.1, 0.15) is 16.0 Å². The Morgan fingerprint density at radius 3 is 2.32 bits per heavy atom. The molecule has 0 unspecified atom stereocenters. The molecule has 0 aliphatic heterocycles. The third-order valence-corrected chi connectivity index (χ3v) is 3.83. The van der Waals surface area contributed by atoms with Gasteiger partial charge in [-0.05, 0) is 77.0 Å². The van der Waals surface area contributed by atoms with Gasteiger partial charge in [-0.2, -0.15) is 20.5 Å². The number of nitrogen functional groups attached to an aromatic ring is 1. The Labute approximate surface area is 187 Å². The monoisotopic (exact) mass is 446 g/mol. The van der Waals surface area contributed by atoms with Crippen molar-refractivity contribution >= 4 is 33.4 Å². The zero-order valence-electron chi connectivity index (χ0n) is 25.7. The highest BCUT2D eigenvalue weighted by molar-refractivity contribution is 9.10. The summed E-state index contributed by atoms with van der Waals surface area (Å²) >= 11 is 3.04. The predicted molar refractivity (Wildman–Crippen MR) is 109 cm³/mol. The lowest BCUT2D eigenvalue weighted by Gasteiger charge is -2.14. The molecule has 8 heteroatoms. The lowest BCUT2D eigenvalue weighted by molar-refractivity contribution is 0.453. The first kappa shape index (κ1) is 9.05. The van der Waals surface area contributed by atoms with Crippen LogP contribution in [0.3, 0.4) is 0 Å². The molecule has 3 N–H and O–H groups in total. The molecule has 0 atom stereocenters. The average Bonchev–Trinajstić information content (AvgIpc) is 2.82. The minimum atomic E-state index is -3.18. The molecule has 138 valence electrons. The molecule has 0 spiro atoms. The number of benzene rings is 2. The molecule has 0 saturated heterocycles. The summed E-state index contributed by atoms with van der Waals surface area (Å²) in [5, 5.41) is 21.0. The van der Waals surface area contributed by atoms with E-state index >= 15 is 0 Å². The van der Waals surface area contributed by atoms with E-state index in [1.165, 1.54) is 6.07 Å². The minimum absolute atomic E-state index is 0.215. The molecule has 7 nitrogen and oxygen atoms in total. The molecule has 28 heavy (non-hydrogen) atoms. The topological polar surface area (TPSA) is 121 Å². The number of nitriles is 2. The highest BCUT2D eigenvalue weighted by Gasteiger charge is 2.16. The molecule has 0 aliphatic carbocycles. The van der Waals surface area contributed by atoms with Crippen molar-refractivity contribution in [3.05, 3.63) is 63.0 Å². The van der Waals surface area contributed by atoms with Gasteiger partial charge in [0, 0.05) is 13.9 Å². The van der Waals surface area contributed by atoms with Gasteiger partial charge in [-0.3, -0.25) is 0 Å². The number of halogens is 1. The number of hydrogen-bond acceptors (Lipinski definition) is 7. The summed E-state index contributed by atoms with van der Waals surface area (Å²) in [6.45, 7) is -6.37. The van der Waals surface area contributed by atoms with Crippen molar-refractivity contribution in [2.45, 2.75) is 13.7 Å². The van der Waals surface area contributed by atoms with Crippen LogP contribution in [0, 0.1) is 36.4 Å². The van der Waals surface area contributed by atoms with Crippen LogP contribution in [0.2, 0.25) is 0 Å². The number of nitrogens with one attached hydrogen (secondary N) is 1. The first-order chi connectivity index (χ1) is 18.4. The summed E-state index contributed by atoms with van der Waals surface area (Å²) in [6, 6.07) is -1.44. The van der Waals surface area contributed by atoms with Gasteiger partial charge >= 0.3 is 0 Å².